The fourth-order valence-corrected chi connectivity index (χ4v) is 5.25. The van der Waals surface area contributed by atoms with Gasteiger partial charge >= 0.3 is 0 Å². The first-order valence-electron chi connectivity index (χ1n) is 9.47. The lowest BCUT2D eigenvalue weighted by Crippen LogP contribution is -2.28. The highest BCUT2D eigenvalue weighted by atomic mass is 35.5. The van der Waals surface area contributed by atoms with Gasteiger partial charge in [-0.2, -0.15) is 5.26 Å². The molecule has 8 heteroatoms. The van der Waals surface area contributed by atoms with Crippen LogP contribution in [0.4, 0.5) is 10.7 Å². The smallest absolute Gasteiger partial charge is 0.270 e. The number of fused-ring (bicyclic) bond motifs is 1. The number of nitrogens with zero attached hydrogens (tertiary/aromatic N) is 2. The fourth-order valence-electron chi connectivity index (χ4n) is 3.72. The predicted molar refractivity (Wildman–Crippen MR) is 115 cm³/mol. The third-order valence-electron chi connectivity index (χ3n) is 6.03. The summed E-state index contributed by atoms with van der Waals surface area (Å²) in [6.45, 7) is 6.76. The minimum Gasteiger partial charge on any atom is -0.312 e. The molecule has 1 aliphatic rings. The van der Waals surface area contributed by atoms with E-state index in [1.807, 2.05) is 0 Å². The van der Waals surface area contributed by atoms with Crippen LogP contribution in [0.3, 0.4) is 0 Å². The quantitative estimate of drug-likeness (QED) is 0.465. The number of carbonyl (C=O) groups is 1. The van der Waals surface area contributed by atoms with Gasteiger partial charge in [-0.3, -0.25) is 14.9 Å². The molecule has 1 aromatic heterocycles. The van der Waals surface area contributed by atoms with Gasteiger partial charge < -0.3 is 5.32 Å². The van der Waals surface area contributed by atoms with Gasteiger partial charge in [-0.15, -0.1) is 11.3 Å². The molecule has 2 aromatic rings. The molecule has 6 nitrogen and oxygen atoms in total. The monoisotopic (exact) mass is 431 g/mol. The summed E-state index contributed by atoms with van der Waals surface area (Å²) in [5, 5.41) is 23.8. The molecule has 0 fully saturated rings. The normalized spacial score (nSPS) is 16.0. The van der Waals surface area contributed by atoms with Crippen molar-refractivity contribution in [3.63, 3.8) is 0 Å². The number of hydrogen-bond donors (Lipinski definition) is 1. The number of rotatable bonds is 5. The predicted octanol–water partition coefficient (Wildman–Crippen LogP) is 5.97. The second-order valence-corrected chi connectivity index (χ2v) is 9.49. The number of anilines is 1. The summed E-state index contributed by atoms with van der Waals surface area (Å²) in [7, 11) is 0. The van der Waals surface area contributed by atoms with Crippen molar-refractivity contribution < 1.29 is 9.72 Å². The van der Waals surface area contributed by atoms with Crippen molar-refractivity contribution in [2.75, 3.05) is 5.32 Å². The molecule has 0 saturated carbocycles. The van der Waals surface area contributed by atoms with E-state index < -0.39 is 10.8 Å². The molecule has 3 rings (SSSR count). The SMILES string of the molecule is CCC(C)(C)C1CCc2c(sc(NC(=O)c3ccc([N+](=O)[O-])cc3Cl)c2C#N)C1. The van der Waals surface area contributed by atoms with Gasteiger partial charge in [-0.05, 0) is 42.2 Å². The molecule has 0 bridgehead atoms. The molecule has 1 heterocycles. The molecular formula is C21H22ClN3O3S. The molecule has 0 radical (unpaired) electrons. The van der Waals surface area contributed by atoms with Crippen LogP contribution in [0.1, 0.15) is 60.0 Å². The number of thiophene rings is 1. The zero-order valence-electron chi connectivity index (χ0n) is 16.5. The first-order chi connectivity index (χ1) is 13.7. The Morgan fingerprint density at radius 2 is 2.21 bits per heavy atom. The lowest BCUT2D eigenvalue weighted by Gasteiger charge is -2.36. The molecule has 1 aromatic carbocycles. The Hall–Kier alpha value is -2.43. The molecule has 0 spiro atoms. The largest absolute Gasteiger partial charge is 0.312 e. The Morgan fingerprint density at radius 1 is 1.48 bits per heavy atom. The maximum absolute atomic E-state index is 12.7. The number of hydrogen-bond acceptors (Lipinski definition) is 5. The average Bonchev–Trinajstić information content (AvgIpc) is 3.03. The van der Waals surface area contributed by atoms with Crippen molar-refractivity contribution in [2.45, 2.75) is 46.5 Å². The minimum absolute atomic E-state index is 0.00119. The third-order valence-corrected chi connectivity index (χ3v) is 7.51. The molecule has 0 aliphatic heterocycles. The van der Waals surface area contributed by atoms with Gasteiger partial charge in [-0.25, -0.2) is 0 Å². The Bertz CT molecular complexity index is 1020. The fraction of sp³-hybridized carbons (Fsp3) is 0.429. The minimum atomic E-state index is -0.567. The van der Waals surface area contributed by atoms with Gasteiger partial charge in [0.2, 0.25) is 0 Å². The van der Waals surface area contributed by atoms with Gasteiger partial charge in [0.1, 0.15) is 11.1 Å². The van der Waals surface area contributed by atoms with Crippen LogP contribution in [0.2, 0.25) is 5.02 Å². The van der Waals surface area contributed by atoms with Crippen LogP contribution in [0.25, 0.3) is 0 Å². The summed E-state index contributed by atoms with van der Waals surface area (Å²) in [6, 6.07) is 5.96. The summed E-state index contributed by atoms with van der Waals surface area (Å²) >= 11 is 7.52. The number of nitrogens with one attached hydrogen (secondary N) is 1. The van der Waals surface area contributed by atoms with Gasteiger partial charge in [-0.1, -0.05) is 38.8 Å². The average molecular weight is 432 g/mol. The molecule has 1 atom stereocenters. The van der Waals surface area contributed by atoms with Crippen LogP contribution >= 0.6 is 22.9 Å². The van der Waals surface area contributed by atoms with Crippen molar-refractivity contribution >= 4 is 39.5 Å². The van der Waals surface area contributed by atoms with E-state index in [1.54, 1.807) is 0 Å². The van der Waals surface area contributed by atoms with Crippen LogP contribution in [0.15, 0.2) is 18.2 Å². The lowest BCUT2D eigenvalue weighted by atomic mass is 9.69. The Balaban J connectivity index is 1.87. The van der Waals surface area contributed by atoms with Crippen molar-refractivity contribution in [2.24, 2.45) is 11.3 Å². The number of halogens is 1. The zero-order chi connectivity index (χ0) is 21.3. The van der Waals surface area contributed by atoms with Crippen LogP contribution in [0, 0.1) is 32.8 Å². The zero-order valence-corrected chi connectivity index (χ0v) is 18.1. The Labute approximate surface area is 178 Å². The first kappa shape index (κ1) is 21.3. The summed E-state index contributed by atoms with van der Waals surface area (Å²) in [4.78, 5) is 24.1. The first-order valence-corrected chi connectivity index (χ1v) is 10.7. The van der Waals surface area contributed by atoms with Crippen molar-refractivity contribution in [1.29, 1.82) is 5.26 Å². The van der Waals surface area contributed by atoms with Crippen LogP contribution in [-0.2, 0) is 12.8 Å². The third kappa shape index (κ3) is 4.14. The van der Waals surface area contributed by atoms with Gasteiger partial charge in [0.25, 0.3) is 11.6 Å². The standard InChI is InChI=1S/C21H22ClN3O3S/c1-4-21(2,3)12-5-7-14-16(11-23)20(29-18(14)9-12)24-19(26)15-8-6-13(25(27)28)10-17(15)22/h6,8,10,12H,4-5,7,9H2,1-3H3,(H,24,26). The second-order valence-electron chi connectivity index (χ2n) is 7.98. The molecular weight excluding hydrogens is 410 g/mol. The Kier molecular flexibility index (Phi) is 5.97. The highest BCUT2D eigenvalue weighted by Crippen LogP contribution is 2.45. The van der Waals surface area contributed by atoms with E-state index in [4.69, 9.17) is 11.6 Å². The number of nitro groups is 1. The van der Waals surface area contributed by atoms with Gasteiger partial charge in [0, 0.05) is 17.0 Å². The van der Waals surface area contributed by atoms with Crippen molar-refractivity contribution in [1.82, 2.24) is 0 Å². The van der Waals surface area contributed by atoms with Crippen LogP contribution in [-0.4, -0.2) is 10.8 Å². The number of carbonyl (C=O) groups excluding carboxylic acids is 1. The van der Waals surface area contributed by atoms with E-state index in [9.17, 15) is 20.2 Å². The maximum Gasteiger partial charge on any atom is 0.270 e. The van der Waals surface area contributed by atoms with E-state index in [0.717, 1.165) is 42.2 Å². The molecule has 1 aliphatic carbocycles. The summed E-state index contributed by atoms with van der Waals surface area (Å²) < 4.78 is 0. The van der Waals surface area contributed by atoms with Crippen molar-refractivity contribution in [3.05, 3.63) is 54.9 Å². The molecule has 0 saturated heterocycles. The highest BCUT2D eigenvalue weighted by molar-refractivity contribution is 7.16. The number of benzene rings is 1. The molecule has 29 heavy (non-hydrogen) atoms. The summed E-state index contributed by atoms with van der Waals surface area (Å²) in [5.41, 5.74) is 1.73. The van der Waals surface area contributed by atoms with Gasteiger partial charge in [0.05, 0.1) is 21.1 Å². The lowest BCUT2D eigenvalue weighted by molar-refractivity contribution is -0.384. The molecule has 1 amide bonds. The van der Waals surface area contributed by atoms with Crippen molar-refractivity contribution in [3.8, 4) is 6.07 Å². The summed E-state index contributed by atoms with van der Waals surface area (Å²) in [6.07, 6.45) is 3.85. The number of nitriles is 1. The number of amides is 1. The van der Waals surface area contributed by atoms with Gasteiger partial charge in [0.15, 0.2) is 0 Å². The molecule has 152 valence electrons. The summed E-state index contributed by atoms with van der Waals surface area (Å²) in [5.74, 6) is 0.0586. The topological polar surface area (TPSA) is 96.0 Å². The molecule has 1 N–H and O–H groups in total. The number of non-ortho nitro benzene ring substituents is 1. The highest BCUT2D eigenvalue weighted by Gasteiger charge is 2.34. The number of nitro benzene ring substituents is 1. The van der Waals surface area contributed by atoms with Crippen LogP contribution < -0.4 is 5.32 Å². The van der Waals surface area contributed by atoms with E-state index in [-0.39, 0.29) is 21.7 Å². The van der Waals surface area contributed by atoms with E-state index in [1.165, 1.54) is 23.5 Å². The van der Waals surface area contributed by atoms with Crippen LogP contribution in [0.5, 0.6) is 0 Å². The van der Waals surface area contributed by atoms with E-state index in [0.29, 0.717) is 16.5 Å². The second kappa shape index (κ2) is 8.13. The Morgan fingerprint density at radius 3 is 2.79 bits per heavy atom. The van der Waals surface area contributed by atoms with E-state index >= 15 is 0 Å². The maximum atomic E-state index is 12.7. The molecule has 1 unspecified atom stereocenters. The van der Waals surface area contributed by atoms with E-state index in [2.05, 4.69) is 32.2 Å².